The molecule has 1 N–H and O–H groups in total. The van der Waals surface area contributed by atoms with Crippen LogP contribution >= 0.6 is 11.6 Å². The fourth-order valence-electron chi connectivity index (χ4n) is 2.89. The Labute approximate surface area is 166 Å². The predicted octanol–water partition coefficient (Wildman–Crippen LogP) is 4.43. The predicted molar refractivity (Wildman–Crippen MR) is 110 cm³/mol. The van der Waals surface area contributed by atoms with E-state index >= 15 is 0 Å². The maximum absolute atomic E-state index is 12.7. The maximum Gasteiger partial charge on any atom is 0.241 e. The molecule has 1 unspecified atom stereocenters. The molecular formula is C21H27ClN2O3. The molecular weight excluding hydrogens is 364 g/mol. The Morgan fingerprint density at radius 1 is 1.19 bits per heavy atom. The van der Waals surface area contributed by atoms with Gasteiger partial charge in [-0.3, -0.25) is 9.69 Å². The fourth-order valence-corrected chi connectivity index (χ4v) is 3.26. The number of rotatable bonds is 7. The molecule has 0 aliphatic heterocycles. The summed E-state index contributed by atoms with van der Waals surface area (Å²) in [6, 6.07) is 9.15. The number of nitrogens with one attached hydrogen (secondary N) is 1. The SMILES string of the molecule is COc1ccc(CN(C)C(C)C(=O)Nc2c(C)cc(C)cc2Cl)c(OC)c1. The molecule has 0 radical (unpaired) electrons. The van der Waals surface area contributed by atoms with Gasteiger partial charge in [-0.15, -0.1) is 0 Å². The third kappa shape index (κ3) is 5.15. The Kier molecular flexibility index (Phi) is 7.11. The van der Waals surface area contributed by atoms with E-state index in [4.69, 9.17) is 21.1 Å². The van der Waals surface area contributed by atoms with Gasteiger partial charge in [-0.05, 0) is 51.1 Å². The van der Waals surface area contributed by atoms with E-state index in [0.29, 0.717) is 17.3 Å². The molecule has 0 aromatic heterocycles. The Morgan fingerprint density at radius 2 is 1.89 bits per heavy atom. The number of aryl methyl sites for hydroxylation is 2. The summed E-state index contributed by atoms with van der Waals surface area (Å²) >= 11 is 6.30. The Bertz CT molecular complexity index is 800. The molecule has 6 heteroatoms. The monoisotopic (exact) mass is 390 g/mol. The van der Waals surface area contributed by atoms with Crippen molar-refractivity contribution in [1.82, 2.24) is 4.90 Å². The van der Waals surface area contributed by atoms with Crippen molar-refractivity contribution in [2.75, 3.05) is 26.6 Å². The molecule has 0 spiro atoms. The molecule has 2 aromatic rings. The van der Waals surface area contributed by atoms with E-state index in [9.17, 15) is 4.79 Å². The van der Waals surface area contributed by atoms with Gasteiger partial charge in [-0.25, -0.2) is 0 Å². The van der Waals surface area contributed by atoms with Gasteiger partial charge in [0.15, 0.2) is 0 Å². The van der Waals surface area contributed by atoms with Crippen LogP contribution in [0.5, 0.6) is 11.5 Å². The first-order valence-corrected chi connectivity index (χ1v) is 9.13. The number of methoxy groups -OCH3 is 2. The number of halogens is 1. The summed E-state index contributed by atoms with van der Waals surface area (Å²) in [6.45, 7) is 6.33. The highest BCUT2D eigenvalue weighted by atomic mass is 35.5. The second-order valence-corrected chi connectivity index (χ2v) is 7.10. The van der Waals surface area contributed by atoms with Crippen molar-refractivity contribution < 1.29 is 14.3 Å². The summed E-state index contributed by atoms with van der Waals surface area (Å²) in [5.41, 5.74) is 3.65. The van der Waals surface area contributed by atoms with E-state index in [1.54, 1.807) is 14.2 Å². The van der Waals surface area contributed by atoms with Crippen LogP contribution in [-0.4, -0.2) is 38.1 Å². The topological polar surface area (TPSA) is 50.8 Å². The van der Waals surface area contributed by atoms with E-state index in [-0.39, 0.29) is 11.9 Å². The first-order valence-electron chi connectivity index (χ1n) is 8.75. The minimum absolute atomic E-state index is 0.112. The molecule has 1 amide bonds. The summed E-state index contributed by atoms with van der Waals surface area (Å²) in [6.07, 6.45) is 0. The zero-order chi connectivity index (χ0) is 20.1. The minimum Gasteiger partial charge on any atom is -0.497 e. The Balaban J connectivity index is 2.11. The van der Waals surface area contributed by atoms with Gasteiger partial charge < -0.3 is 14.8 Å². The molecule has 0 saturated heterocycles. The van der Waals surface area contributed by atoms with Crippen molar-refractivity contribution in [3.05, 3.63) is 52.0 Å². The highest BCUT2D eigenvalue weighted by Gasteiger charge is 2.21. The number of carbonyl (C=O) groups excluding carboxylic acids is 1. The van der Waals surface area contributed by atoms with Gasteiger partial charge >= 0.3 is 0 Å². The van der Waals surface area contributed by atoms with Crippen LogP contribution in [-0.2, 0) is 11.3 Å². The van der Waals surface area contributed by atoms with E-state index in [1.165, 1.54) is 0 Å². The van der Waals surface area contributed by atoms with Gasteiger partial charge in [-0.1, -0.05) is 23.7 Å². The zero-order valence-corrected chi connectivity index (χ0v) is 17.5. The van der Waals surface area contributed by atoms with Crippen molar-refractivity contribution in [1.29, 1.82) is 0 Å². The molecule has 2 aromatic carbocycles. The first kappa shape index (κ1) is 21.1. The van der Waals surface area contributed by atoms with Crippen molar-refractivity contribution in [3.8, 4) is 11.5 Å². The van der Waals surface area contributed by atoms with E-state index in [0.717, 1.165) is 28.2 Å². The number of hydrogen-bond donors (Lipinski definition) is 1. The van der Waals surface area contributed by atoms with Gasteiger partial charge in [0.1, 0.15) is 11.5 Å². The summed E-state index contributed by atoms with van der Waals surface area (Å²) < 4.78 is 10.7. The van der Waals surface area contributed by atoms with Crippen molar-refractivity contribution >= 4 is 23.2 Å². The molecule has 0 heterocycles. The number of hydrogen-bond acceptors (Lipinski definition) is 4. The lowest BCUT2D eigenvalue weighted by Gasteiger charge is -2.25. The van der Waals surface area contributed by atoms with Crippen LogP contribution in [0.25, 0.3) is 0 Å². The van der Waals surface area contributed by atoms with Gasteiger partial charge in [0.05, 0.1) is 31.0 Å². The maximum atomic E-state index is 12.7. The van der Waals surface area contributed by atoms with Crippen LogP contribution < -0.4 is 14.8 Å². The van der Waals surface area contributed by atoms with Crippen LogP contribution in [0, 0.1) is 13.8 Å². The molecule has 0 saturated carbocycles. The molecule has 27 heavy (non-hydrogen) atoms. The van der Waals surface area contributed by atoms with Crippen molar-refractivity contribution in [2.24, 2.45) is 0 Å². The number of nitrogens with zero attached hydrogens (tertiary/aromatic N) is 1. The van der Waals surface area contributed by atoms with Crippen LogP contribution in [0.4, 0.5) is 5.69 Å². The van der Waals surface area contributed by atoms with Crippen molar-refractivity contribution in [2.45, 2.75) is 33.4 Å². The van der Waals surface area contributed by atoms with Crippen LogP contribution in [0.2, 0.25) is 5.02 Å². The smallest absolute Gasteiger partial charge is 0.241 e. The van der Waals surface area contributed by atoms with E-state index < -0.39 is 0 Å². The number of anilines is 1. The van der Waals surface area contributed by atoms with Gasteiger partial charge in [0.2, 0.25) is 5.91 Å². The lowest BCUT2D eigenvalue weighted by Crippen LogP contribution is -2.39. The van der Waals surface area contributed by atoms with Gasteiger partial charge in [0.25, 0.3) is 0 Å². The molecule has 146 valence electrons. The second kappa shape index (κ2) is 9.11. The summed E-state index contributed by atoms with van der Waals surface area (Å²) in [4.78, 5) is 14.7. The van der Waals surface area contributed by atoms with Crippen molar-refractivity contribution in [3.63, 3.8) is 0 Å². The van der Waals surface area contributed by atoms with Crippen LogP contribution in [0.1, 0.15) is 23.6 Å². The first-order chi connectivity index (χ1) is 12.8. The summed E-state index contributed by atoms with van der Waals surface area (Å²) in [7, 11) is 5.14. The molecule has 0 aliphatic rings. The number of ether oxygens (including phenoxy) is 2. The van der Waals surface area contributed by atoms with E-state index in [2.05, 4.69) is 5.32 Å². The average molecular weight is 391 g/mol. The Morgan fingerprint density at radius 3 is 2.48 bits per heavy atom. The summed E-state index contributed by atoms with van der Waals surface area (Å²) in [5, 5.41) is 3.50. The third-order valence-electron chi connectivity index (χ3n) is 4.63. The standard InChI is InChI=1S/C21H27ClN2O3/c1-13-9-14(2)20(18(22)10-13)23-21(25)15(3)24(4)12-16-7-8-17(26-5)11-19(16)27-6/h7-11,15H,12H2,1-6H3,(H,23,25). The van der Waals surface area contributed by atoms with Crippen LogP contribution in [0.15, 0.2) is 30.3 Å². The number of benzene rings is 2. The Hall–Kier alpha value is -2.24. The molecule has 5 nitrogen and oxygen atoms in total. The normalized spacial score (nSPS) is 12.0. The van der Waals surface area contributed by atoms with Gasteiger partial charge in [-0.2, -0.15) is 0 Å². The highest BCUT2D eigenvalue weighted by Crippen LogP contribution is 2.28. The average Bonchev–Trinajstić information content (AvgIpc) is 2.63. The minimum atomic E-state index is -0.353. The second-order valence-electron chi connectivity index (χ2n) is 6.70. The van der Waals surface area contributed by atoms with Gasteiger partial charge in [0, 0.05) is 18.2 Å². The number of likely N-dealkylation sites (N-methyl/N-ethyl adjacent to an activating group) is 1. The fraction of sp³-hybridized carbons (Fsp3) is 0.381. The highest BCUT2D eigenvalue weighted by molar-refractivity contribution is 6.34. The quantitative estimate of drug-likeness (QED) is 0.759. The molecule has 2 rings (SSSR count). The molecule has 0 fully saturated rings. The molecule has 0 aliphatic carbocycles. The van der Waals surface area contributed by atoms with E-state index in [1.807, 2.05) is 63.1 Å². The third-order valence-corrected chi connectivity index (χ3v) is 4.93. The number of carbonyl (C=O) groups is 1. The lowest BCUT2D eigenvalue weighted by atomic mass is 10.1. The number of amides is 1. The zero-order valence-electron chi connectivity index (χ0n) is 16.7. The molecule has 0 bridgehead atoms. The van der Waals surface area contributed by atoms with Crippen LogP contribution in [0.3, 0.4) is 0 Å². The molecule has 1 atom stereocenters. The lowest BCUT2D eigenvalue weighted by molar-refractivity contribution is -0.120. The summed E-state index contributed by atoms with van der Waals surface area (Å²) in [5.74, 6) is 1.35. The largest absolute Gasteiger partial charge is 0.497 e.